The van der Waals surface area contributed by atoms with Crippen LogP contribution in [0.4, 0.5) is 0 Å². The molecule has 0 saturated carbocycles. The van der Waals surface area contributed by atoms with Crippen molar-refractivity contribution >= 4 is 24.8 Å². The zero-order valence-corrected chi connectivity index (χ0v) is 9.92. The number of ether oxygens (including phenoxy) is 1. The quantitative estimate of drug-likeness (QED) is 0.767. The molecule has 1 rings (SSSR count). The van der Waals surface area contributed by atoms with Crippen LogP contribution in [-0.2, 0) is 4.74 Å². The predicted molar refractivity (Wildman–Crippen MR) is 60.0 cm³/mol. The highest BCUT2D eigenvalue weighted by Gasteiger charge is 2.31. The molecule has 1 fully saturated rings. The maximum atomic E-state index is 5.65. The van der Waals surface area contributed by atoms with Crippen LogP contribution in [0.3, 0.4) is 0 Å². The standard InChI is InChI=1S/C8H18N2O.2ClH/c1-10-5-3-8(7-9,11-2)4-6-10;;/h3-7,9H2,1-2H3;2*1H. The first kappa shape index (κ1) is 15.9. The molecule has 1 aliphatic rings. The Morgan fingerprint density at radius 2 is 1.77 bits per heavy atom. The summed E-state index contributed by atoms with van der Waals surface area (Å²) in [6.07, 6.45) is 2.13. The van der Waals surface area contributed by atoms with Crippen LogP contribution in [0.1, 0.15) is 12.8 Å². The minimum atomic E-state index is -0.0213. The number of piperidine rings is 1. The van der Waals surface area contributed by atoms with Gasteiger partial charge in [0.05, 0.1) is 5.60 Å². The number of rotatable bonds is 2. The lowest BCUT2D eigenvalue weighted by Crippen LogP contribution is -2.48. The van der Waals surface area contributed by atoms with Crippen LogP contribution in [0.25, 0.3) is 0 Å². The average Bonchev–Trinajstić information content (AvgIpc) is 2.07. The van der Waals surface area contributed by atoms with E-state index in [2.05, 4.69) is 11.9 Å². The molecule has 1 heterocycles. The SMILES string of the molecule is COC1(CN)CCN(C)CC1.Cl.Cl. The van der Waals surface area contributed by atoms with E-state index in [0.29, 0.717) is 6.54 Å². The first-order valence-electron chi connectivity index (χ1n) is 4.16. The van der Waals surface area contributed by atoms with E-state index < -0.39 is 0 Å². The summed E-state index contributed by atoms with van der Waals surface area (Å²) in [5.74, 6) is 0. The monoisotopic (exact) mass is 230 g/mol. The molecular weight excluding hydrogens is 211 g/mol. The van der Waals surface area contributed by atoms with Crippen LogP contribution >= 0.6 is 24.8 Å². The number of nitrogens with zero attached hydrogens (tertiary/aromatic N) is 1. The van der Waals surface area contributed by atoms with Gasteiger partial charge in [-0.15, -0.1) is 24.8 Å². The third kappa shape index (κ3) is 4.00. The van der Waals surface area contributed by atoms with E-state index in [1.165, 1.54) is 0 Å². The lowest BCUT2D eigenvalue weighted by atomic mass is 9.91. The molecule has 5 heteroatoms. The molecule has 0 radical (unpaired) electrons. The highest BCUT2D eigenvalue weighted by molar-refractivity contribution is 5.85. The molecule has 0 amide bonds. The van der Waals surface area contributed by atoms with Gasteiger partial charge in [0, 0.05) is 26.7 Å². The van der Waals surface area contributed by atoms with Gasteiger partial charge in [-0.25, -0.2) is 0 Å². The number of hydrogen-bond donors (Lipinski definition) is 1. The Balaban J connectivity index is 0. The predicted octanol–water partition coefficient (Wildman–Crippen LogP) is 0.899. The number of methoxy groups -OCH3 is 1. The van der Waals surface area contributed by atoms with Gasteiger partial charge in [0.2, 0.25) is 0 Å². The molecule has 0 unspecified atom stereocenters. The molecule has 0 spiro atoms. The molecule has 0 aromatic rings. The van der Waals surface area contributed by atoms with Crippen molar-refractivity contribution in [3.05, 3.63) is 0 Å². The van der Waals surface area contributed by atoms with Crippen molar-refractivity contribution in [2.75, 3.05) is 33.8 Å². The van der Waals surface area contributed by atoms with Crippen molar-refractivity contribution in [1.29, 1.82) is 0 Å². The Morgan fingerprint density at radius 1 is 1.31 bits per heavy atom. The molecule has 0 atom stereocenters. The van der Waals surface area contributed by atoms with Crippen molar-refractivity contribution in [2.45, 2.75) is 18.4 Å². The van der Waals surface area contributed by atoms with Gasteiger partial charge in [-0.3, -0.25) is 0 Å². The maximum Gasteiger partial charge on any atom is 0.0824 e. The summed E-state index contributed by atoms with van der Waals surface area (Å²) in [7, 11) is 3.90. The Labute approximate surface area is 92.8 Å². The van der Waals surface area contributed by atoms with Gasteiger partial charge in [0.15, 0.2) is 0 Å². The first-order chi connectivity index (χ1) is 5.22. The molecule has 2 N–H and O–H groups in total. The van der Waals surface area contributed by atoms with E-state index >= 15 is 0 Å². The largest absolute Gasteiger partial charge is 0.377 e. The highest BCUT2D eigenvalue weighted by Crippen LogP contribution is 2.23. The van der Waals surface area contributed by atoms with Crippen LogP contribution in [0.5, 0.6) is 0 Å². The third-order valence-electron chi connectivity index (χ3n) is 2.70. The molecular formula is C8H20Cl2N2O. The number of halogens is 2. The lowest BCUT2D eigenvalue weighted by molar-refractivity contribution is -0.0456. The van der Waals surface area contributed by atoms with E-state index in [-0.39, 0.29) is 30.4 Å². The number of nitrogens with two attached hydrogens (primary N) is 1. The first-order valence-corrected chi connectivity index (χ1v) is 4.16. The second-order valence-corrected chi connectivity index (χ2v) is 3.39. The van der Waals surface area contributed by atoms with Crippen LogP contribution in [0, 0.1) is 0 Å². The molecule has 1 aliphatic heterocycles. The maximum absolute atomic E-state index is 5.65. The van der Waals surface area contributed by atoms with Crippen molar-refractivity contribution < 1.29 is 4.74 Å². The summed E-state index contributed by atoms with van der Waals surface area (Å²) < 4.78 is 5.42. The van der Waals surface area contributed by atoms with E-state index in [1.54, 1.807) is 7.11 Å². The van der Waals surface area contributed by atoms with Gasteiger partial charge in [-0.05, 0) is 19.9 Å². The molecule has 82 valence electrons. The van der Waals surface area contributed by atoms with Crippen LogP contribution in [-0.4, -0.2) is 44.3 Å². The van der Waals surface area contributed by atoms with Crippen molar-refractivity contribution in [3.8, 4) is 0 Å². The third-order valence-corrected chi connectivity index (χ3v) is 2.70. The Kier molecular flexibility index (Phi) is 8.38. The van der Waals surface area contributed by atoms with Gasteiger partial charge in [-0.2, -0.15) is 0 Å². The van der Waals surface area contributed by atoms with Gasteiger partial charge >= 0.3 is 0 Å². The van der Waals surface area contributed by atoms with Crippen molar-refractivity contribution in [1.82, 2.24) is 4.90 Å². The zero-order chi connectivity index (χ0) is 8.32. The smallest absolute Gasteiger partial charge is 0.0824 e. The molecule has 3 nitrogen and oxygen atoms in total. The van der Waals surface area contributed by atoms with Crippen LogP contribution in [0.15, 0.2) is 0 Å². The second-order valence-electron chi connectivity index (χ2n) is 3.39. The fourth-order valence-corrected chi connectivity index (χ4v) is 1.52. The highest BCUT2D eigenvalue weighted by atomic mass is 35.5. The average molecular weight is 231 g/mol. The van der Waals surface area contributed by atoms with Crippen LogP contribution < -0.4 is 5.73 Å². The summed E-state index contributed by atoms with van der Waals surface area (Å²) in [5, 5.41) is 0. The fraction of sp³-hybridized carbons (Fsp3) is 1.00. The normalized spacial score (nSPS) is 21.5. The summed E-state index contributed by atoms with van der Waals surface area (Å²) in [6, 6.07) is 0. The van der Waals surface area contributed by atoms with E-state index in [4.69, 9.17) is 10.5 Å². The minimum Gasteiger partial charge on any atom is -0.377 e. The van der Waals surface area contributed by atoms with Gasteiger partial charge in [0.1, 0.15) is 0 Å². The topological polar surface area (TPSA) is 38.5 Å². The molecule has 0 bridgehead atoms. The Bertz CT molecular complexity index is 121. The number of hydrogen-bond acceptors (Lipinski definition) is 3. The molecule has 0 aromatic heterocycles. The Morgan fingerprint density at radius 3 is 2.08 bits per heavy atom. The van der Waals surface area contributed by atoms with Gasteiger partial charge < -0.3 is 15.4 Å². The molecule has 0 aliphatic carbocycles. The molecule has 13 heavy (non-hydrogen) atoms. The minimum absolute atomic E-state index is 0. The Hall–Kier alpha value is 0.460. The second kappa shape index (κ2) is 6.85. The van der Waals surface area contributed by atoms with Crippen molar-refractivity contribution in [2.24, 2.45) is 5.73 Å². The van der Waals surface area contributed by atoms with E-state index in [9.17, 15) is 0 Å². The van der Waals surface area contributed by atoms with Gasteiger partial charge in [-0.1, -0.05) is 0 Å². The molecule has 1 saturated heterocycles. The molecule has 0 aromatic carbocycles. The zero-order valence-electron chi connectivity index (χ0n) is 8.28. The lowest BCUT2D eigenvalue weighted by Gasteiger charge is -2.38. The van der Waals surface area contributed by atoms with E-state index in [1.807, 2.05) is 0 Å². The van der Waals surface area contributed by atoms with Crippen LogP contribution in [0.2, 0.25) is 0 Å². The summed E-state index contributed by atoms with van der Waals surface area (Å²) in [6.45, 7) is 2.85. The van der Waals surface area contributed by atoms with Gasteiger partial charge in [0.25, 0.3) is 0 Å². The summed E-state index contributed by atoms with van der Waals surface area (Å²) in [5.41, 5.74) is 5.63. The fourth-order valence-electron chi connectivity index (χ4n) is 1.52. The number of likely N-dealkylation sites (tertiary alicyclic amines) is 1. The summed E-state index contributed by atoms with van der Waals surface area (Å²) in [4.78, 5) is 2.31. The van der Waals surface area contributed by atoms with E-state index in [0.717, 1.165) is 25.9 Å². The van der Waals surface area contributed by atoms with Crippen molar-refractivity contribution in [3.63, 3.8) is 0 Å². The summed E-state index contributed by atoms with van der Waals surface area (Å²) >= 11 is 0.